The summed E-state index contributed by atoms with van der Waals surface area (Å²) in [6.07, 6.45) is 0.628. The highest BCUT2D eigenvalue weighted by atomic mass is 16.5. The quantitative estimate of drug-likeness (QED) is 0.880. The molecule has 1 heterocycles. The van der Waals surface area contributed by atoms with E-state index >= 15 is 0 Å². The van der Waals surface area contributed by atoms with Gasteiger partial charge in [0.25, 0.3) is 5.91 Å². The van der Waals surface area contributed by atoms with Crippen LogP contribution in [-0.4, -0.2) is 41.2 Å². The van der Waals surface area contributed by atoms with Gasteiger partial charge in [0.15, 0.2) is 6.61 Å². The van der Waals surface area contributed by atoms with E-state index in [4.69, 9.17) is 4.74 Å². The Morgan fingerprint density at radius 3 is 2.94 bits per heavy atom. The van der Waals surface area contributed by atoms with Crippen LogP contribution >= 0.6 is 0 Å². The Hall–Kier alpha value is -1.55. The first kappa shape index (κ1) is 12.9. The van der Waals surface area contributed by atoms with Crippen LogP contribution in [0.5, 0.6) is 5.75 Å². The highest BCUT2D eigenvalue weighted by Gasteiger charge is 2.33. The molecule has 1 fully saturated rings. The number of nitrogens with zero attached hydrogens (tertiary/aromatic N) is 1. The molecule has 1 N–H and O–H groups in total. The third-order valence-corrected chi connectivity index (χ3v) is 3.16. The molecular formula is C14H19NO3. The maximum atomic E-state index is 11.9. The Labute approximate surface area is 107 Å². The van der Waals surface area contributed by atoms with Gasteiger partial charge in [0.2, 0.25) is 0 Å². The first-order valence-electron chi connectivity index (χ1n) is 6.16. The molecule has 0 bridgehead atoms. The average molecular weight is 249 g/mol. The second kappa shape index (κ2) is 4.98. The SMILES string of the molecule is Cc1cccc(OCC(=O)N2CCC(C)(O)C2)c1. The standard InChI is InChI=1S/C14H19NO3/c1-11-4-3-5-12(8-11)18-9-13(16)15-7-6-14(2,17)10-15/h3-5,8,17H,6-7,9-10H2,1-2H3. The summed E-state index contributed by atoms with van der Waals surface area (Å²) in [6, 6.07) is 7.61. The number of benzene rings is 1. The summed E-state index contributed by atoms with van der Waals surface area (Å²) in [6.45, 7) is 4.75. The molecule has 1 saturated heterocycles. The molecule has 0 aliphatic carbocycles. The third kappa shape index (κ3) is 3.23. The van der Waals surface area contributed by atoms with E-state index in [2.05, 4.69) is 0 Å². The number of likely N-dealkylation sites (tertiary alicyclic amines) is 1. The smallest absolute Gasteiger partial charge is 0.260 e. The zero-order chi connectivity index (χ0) is 13.2. The second-order valence-corrected chi connectivity index (χ2v) is 5.17. The van der Waals surface area contributed by atoms with Crippen LogP contribution in [-0.2, 0) is 4.79 Å². The first-order chi connectivity index (χ1) is 8.46. The molecule has 1 atom stereocenters. The van der Waals surface area contributed by atoms with Crippen molar-refractivity contribution in [3.8, 4) is 5.75 Å². The summed E-state index contributed by atoms with van der Waals surface area (Å²) in [5, 5.41) is 9.80. The molecule has 1 aromatic carbocycles. The van der Waals surface area contributed by atoms with Gasteiger partial charge in [-0.1, -0.05) is 12.1 Å². The molecule has 0 spiro atoms. The van der Waals surface area contributed by atoms with Crippen molar-refractivity contribution in [1.82, 2.24) is 4.90 Å². The van der Waals surface area contributed by atoms with Gasteiger partial charge in [-0.15, -0.1) is 0 Å². The number of carbonyl (C=O) groups is 1. The zero-order valence-electron chi connectivity index (χ0n) is 10.8. The Morgan fingerprint density at radius 2 is 2.33 bits per heavy atom. The topological polar surface area (TPSA) is 49.8 Å². The number of ether oxygens (including phenoxy) is 1. The van der Waals surface area contributed by atoms with Gasteiger partial charge >= 0.3 is 0 Å². The van der Waals surface area contributed by atoms with Crippen molar-refractivity contribution in [1.29, 1.82) is 0 Å². The molecule has 4 heteroatoms. The third-order valence-electron chi connectivity index (χ3n) is 3.16. The first-order valence-corrected chi connectivity index (χ1v) is 6.16. The van der Waals surface area contributed by atoms with Crippen molar-refractivity contribution in [2.24, 2.45) is 0 Å². The number of aryl methyl sites for hydroxylation is 1. The molecule has 98 valence electrons. The molecule has 1 aliphatic heterocycles. The lowest BCUT2D eigenvalue weighted by molar-refractivity contribution is -0.133. The van der Waals surface area contributed by atoms with Crippen molar-refractivity contribution >= 4 is 5.91 Å². The van der Waals surface area contributed by atoms with Crippen LogP contribution in [0.2, 0.25) is 0 Å². The van der Waals surface area contributed by atoms with E-state index in [9.17, 15) is 9.90 Å². The van der Waals surface area contributed by atoms with Gasteiger partial charge in [-0.3, -0.25) is 4.79 Å². The van der Waals surface area contributed by atoms with Gasteiger partial charge in [-0.2, -0.15) is 0 Å². The molecule has 2 rings (SSSR count). The van der Waals surface area contributed by atoms with Crippen LogP contribution in [0.4, 0.5) is 0 Å². The molecule has 1 aliphatic rings. The maximum Gasteiger partial charge on any atom is 0.260 e. The highest BCUT2D eigenvalue weighted by molar-refractivity contribution is 5.78. The number of rotatable bonds is 3. The fourth-order valence-corrected chi connectivity index (χ4v) is 2.10. The van der Waals surface area contributed by atoms with Crippen LogP contribution in [0, 0.1) is 6.92 Å². The number of aliphatic hydroxyl groups is 1. The molecule has 4 nitrogen and oxygen atoms in total. The van der Waals surface area contributed by atoms with E-state index in [1.54, 1.807) is 11.8 Å². The average Bonchev–Trinajstić information content (AvgIpc) is 2.67. The predicted octanol–water partition coefficient (Wildman–Crippen LogP) is 1.36. The number of hydrogen-bond donors (Lipinski definition) is 1. The Balaban J connectivity index is 1.86. The van der Waals surface area contributed by atoms with Crippen molar-refractivity contribution in [2.45, 2.75) is 25.9 Å². The molecule has 18 heavy (non-hydrogen) atoms. The van der Waals surface area contributed by atoms with E-state index in [1.165, 1.54) is 0 Å². The van der Waals surface area contributed by atoms with Crippen molar-refractivity contribution in [3.63, 3.8) is 0 Å². The molecule has 0 radical (unpaired) electrons. The van der Waals surface area contributed by atoms with E-state index in [1.807, 2.05) is 31.2 Å². The van der Waals surface area contributed by atoms with E-state index in [-0.39, 0.29) is 12.5 Å². The lowest BCUT2D eigenvalue weighted by Gasteiger charge is -2.19. The number of amides is 1. The van der Waals surface area contributed by atoms with Gasteiger partial charge in [-0.05, 0) is 38.0 Å². The van der Waals surface area contributed by atoms with E-state index in [0.29, 0.717) is 25.3 Å². The summed E-state index contributed by atoms with van der Waals surface area (Å²) in [7, 11) is 0. The van der Waals surface area contributed by atoms with E-state index in [0.717, 1.165) is 5.56 Å². The lowest BCUT2D eigenvalue weighted by Crippen LogP contribution is -2.36. The van der Waals surface area contributed by atoms with Gasteiger partial charge in [0.05, 0.1) is 5.60 Å². The van der Waals surface area contributed by atoms with Gasteiger partial charge in [-0.25, -0.2) is 0 Å². The van der Waals surface area contributed by atoms with Crippen LogP contribution in [0.25, 0.3) is 0 Å². The minimum atomic E-state index is -0.751. The summed E-state index contributed by atoms with van der Waals surface area (Å²) < 4.78 is 5.46. The molecule has 0 saturated carbocycles. The number of β-amino-alcohol motifs (C(OH)–C–C–N with tert-alkyl or cyclic N) is 1. The number of carbonyl (C=O) groups excluding carboxylic acids is 1. The summed E-state index contributed by atoms with van der Waals surface area (Å²) in [5.41, 5.74) is 0.350. The molecule has 0 aromatic heterocycles. The zero-order valence-corrected chi connectivity index (χ0v) is 10.8. The maximum absolute atomic E-state index is 11.9. The van der Waals surface area contributed by atoms with Gasteiger partial charge in [0, 0.05) is 13.1 Å². The highest BCUT2D eigenvalue weighted by Crippen LogP contribution is 2.20. The van der Waals surface area contributed by atoms with Crippen LogP contribution in [0.15, 0.2) is 24.3 Å². The van der Waals surface area contributed by atoms with Gasteiger partial charge < -0.3 is 14.7 Å². The molecular weight excluding hydrogens is 230 g/mol. The summed E-state index contributed by atoms with van der Waals surface area (Å²) in [5.74, 6) is 0.628. The van der Waals surface area contributed by atoms with Crippen LogP contribution < -0.4 is 4.74 Å². The fraction of sp³-hybridized carbons (Fsp3) is 0.500. The largest absolute Gasteiger partial charge is 0.484 e. The summed E-state index contributed by atoms with van der Waals surface area (Å²) >= 11 is 0. The fourth-order valence-electron chi connectivity index (χ4n) is 2.10. The Morgan fingerprint density at radius 1 is 1.56 bits per heavy atom. The van der Waals surface area contributed by atoms with Crippen molar-refractivity contribution in [3.05, 3.63) is 29.8 Å². The van der Waals surface area contributed by atoms with Crippen LogP contribution in [0.3, 0.4) is 0 Å². The Kier molecular flexibility index (Phi) is 3.57. The predicted molar refractivity (Wildman–Crippen MR) is 68.5 cm³/mol. The second-order valence-electron chi connectivity index (χ2n) is 5.17. The summed E-state index contributed by atoms with van der Waals surface area (Å²) in [4.78, 5) is 13.5. The number of hydrogen-bond acceptors (Lipinski definition) is 3. The monoisotopic (exact) mass is 249 g/mol. The normalized spacial score (nSPS) is 23.2. The molecule has 1 aromatic rings. The minimum absolute atomic E-state index is 0.0273. The lowest BCUT2D eigenvalue weighted by atomic mass is 10.1. The van der Waals surface area contributed by atoms with Crippen molar-refractivity contribution < 1.29 is 14.6 Å². The minimum Gasteiger partial charge on any atom is -0.484 e. The molecule has 1 unspecified atom stereocenters. The molecule has 1 amide bonds. The Bertz CT molecular complexity index is 442. The van der Waals surface area contributed by atoms with Crippen LogP contribution in [0.1, 0.15) is 18.9 Å². The van der Waals surface area contributed by atoms with E-state index < -0.39 is 5.60 Å². The van der Waals surface area contributed by atoms with Crippen molar-refractivity contribution in [2.75, 3.05) is 19.7 Å². The van der Waals surface area contributed by atoms with Gasteiger partial charge in [0.1, 0.15) is 5.75 Å².